The van der Waals surface area contributed by atoms with Gasteiger partial charge in [0.25, 0.3) is 0 Å². The molecule has 4 atom stereocenters. The molecule has 6 aromatic rings. The molecule has 4 aromatic carbocycles. The Hall–Kier alpha value is -7.53. The van der Waals surface area contributed by atoms with Crippen LogP contribution in [0.5, 0.6) is 63.2 Å². The van der Waals surface area contributed by atoms with Gasteiger partial charge >= 0.3 is 23.2 Å². The number of phenolic OH excluding ortho intramolecular Hbond substituents is 8. The molecule has 0 aliphatic heterocycles. The molecule has 0 unspecified atom stereocenters. The zero-order valence-electron chi connectivity index (χ0n) is 27.4. The maximum atomic E-state index is 13.6. The quantitative estimate of drug-likeness (QED) is 0.0204. The molecule has 292 valence electrons. The van der Waals surface area contributed by atoms with Crippen LogP contribution in [0.1, 0.15) is 20.7 Å². The summed E-state index contributed by atoms with van der Waals surface area (Å²) in [5.74, 6) is -15.9. The second kappa shape index (κ2) is 14.0. The van der Waals surface area contributed by atoms with Gasteiger partial charge in [-0.3, -0.25) is 4.79 Å². The van der Waals surface area contributed by atoms with Gasteiger partial charge in [-0.05, 0) is 18.2 Å². The van der Waals surface area contributed by atoms with Crippen molar-refractivity contribution < 1.29 is 98.7 Å². The number of aliphatic hydroxyl groups is 4. The van der Waals surface area contributed by atoms with E-state index in [1.165, 1.54) is 0 Å². The van der Waals surface area contributed by atoms with Crippen molar-refractivity contribution in [2.45, 2.75) is 24.4 Å². The van der Waals surface area contributed by atoms with Crippen molar-refractivity contribution in [3.8, 4) is 63.2 Å². The third-order valence-corrected chi connectivity index (χ3v) is 8.30. The predicted molar refractivity (Wildman–Crippen MR) is 179 cm³/mol. The summed E-state index contributed by atoms with van der Waals surface area (Å²) in [6.07, 6.45) is -9.37. The average Bonchev–Trinajstić information content (AvgIpc) is 3.16. The first-order chi connectivity index (χ1) is 26.4. The molecule has 0 radical (unpaired) electrons. The van der Waals surface area contributed by atoms with Crippen LogP contribution in [0.15, 0.2) is 48.8 Å². The van der Waals surface area contributed by atoms with Gasteiger partial charge in [-0.1, -0.05) is 0 Å². The summed E-state index contributed by atoms with van der Waals surface area (Å²) in [5, 5.41) is 120. The lowest BCUT2D eigenvalue weighted by molar-refractivity contribution is -0.138. The van der Waals surface area contributed by atoms with Crippen LogP contribution < -0.4 is 20.7 Å². The number of ether oxygens (including phenoxy) is 3. The van der Waals surface area contributed by atoms with Crippen molar-refractivity contribution >= 4 is 50.9 Å². The van der Waals surface area contributed by atoms with Crippen molar-refractivity contribution in [2.24, 2.45) is 0 Å². The summed E-state index contributed by atoms with van der Waals surface area (Å²) in [6.45, 7) is -1.13. The van der Waals surface area contributed by atoms with Crippen LogP contribution in [-0.2, 0) is 9.53 Å². The van der Waals surface area contributed by atoms with Crippen LogP contribution in [0.4, 0.5) is 0 Å². The second-order valence-electron chi connectivity index (χ2n) is 11.8. The van der Waals surface area contributed by atoms with Gasteiger partial charge in [0.2, 0.25) is 23.0 Å². The monoisotopic (exact) mass is 784 g/mol. The van der Waals surface area contributed by atoms with E-state index in [1.807, 2.05) is 0 Å². The van der Waals surface area contributed by atoms with Gasteiger partial charge < -0.3 is 84.3 Å². The normalized spacial score (nSPS) is 13.7. The van der Waals surface area contributed by atoms with Crippen LogP contribution in [0.3, 0.4) is 0 Å². The van der Waals surface area contributed by atoms with Crippen LogP contribution in [-0.4, -0.2) is 111 Å². The summed E-state index contributed by atoms with van der Waals surface area (Å²) >= 11 is 0. The number of phenols is 8. The number of aldehydes is 1. The maximum absolute atomic E-state index is 13.6. The van der Waals surface area contributed by atoms with E-state index in [0.717, 1.165) is 6.07 Å². The molecular weight excluding hydrogens is 760 g/mol. The minimum Gasteiger partial charge on any atom is -0.504 e. The van der Waals surface area contributed by atoms with E-state index in [0.29, 0.717) is 24.3 Å². The minimum atomic E-state index is -2.42. The summed E-state index contributed by atoms with van der Waals surface area (Å²) in [7, 11) is 0. The summed E-state index contributed by atoms with van der Waals surface area (Å²) < 4.78 is 26.0. The Labute approximate surface area is 306 Å². The standard InChI is InChI=1S/C34H24O22/c35-6-16(41)22(43)25(46)18(7-36)53-34(51)11-4-15(40)24(45)30(56-31(48)8-1-12(37)21(42)13(38)2-8)27(11)52-17-5-10-20-19-9(32(49)55-29(20)26(17)47)3-14(39)23(44)28(19)54-33(10)50/h1-5,7,16,18,22,25,35,37-47H,6H2/t16-,18+,22-,25-/m1/s1. The number of esters is 2. The first-order valence-corrected chi connectivity index (χ1v) is 15.4. The Morgan fingerprint density at radius 2 is 1.20 bits per heavy atom. The van der Waals surface area contributed by atoms with Crippen LogP contribution in [0.25, 0.3) is 32.7 Å². The molecule has 0 aliphatic rings. The van der Waals surface area contributed by atoms with E-state index in [9.17, 15) is 80.1 Å². The molecule has 2 heterocycles. The SMILES string of the molecule is O=C[C@H](OC(=O)c1cc(O)c(O)c(OC(=O)c2cc(O)c(O)c(O)c2)c1Oc1cc2c(=O)oc3c(O)c(O)cc4c(=O)oc(c1O)c2c34)[C@@H](O)[C@H](O)[C@H](O)CO. The smallest absolute Gasteiger partial charge is 0.344 e. The molecule has 22 heteroatoms. The Bertz CT molecular complexity index is 2690. The molecule has 0 fully saturated rings. The average molecular weight is 785 g/mol. The van der Waals surface area contributed by atoms with Gasteiger partial charge in [0.1, 0.15) is 23.9 Å². The summed E-state index contributed by atoms with van der Waals surface area (Å²) in [4.78, 5) is 64.8. The van der Waals surface area contributed by atoms with Gasteiger partial charge in [-0.2, -0.15) is 0 Å². The number of aromatic hydroxyl groups is 8. The minimum absolute atomic E-state index is 0.231. The number of hydrogen-bond donors (Lipinski definition) is 12. The first-order valence-electron chi connectivity index (χ1n) is 15.4. The molecule has 0 aliphatic carbocycles. The Morgan fingerprint density at radius 3 is 1.77 bits per heavy atom. The largest absolute Gasteiger partial charge is 0.504 e. The van der Waals surface area contributed by atoms with Gasteiger partial charge in [0, 0.05) is 22.9 Å². The van der Waals surface area contributed by atoms with Gasteiger partial charge in [-0.15, -0.1) is 0 Å². The number of rotatable bonds is 11. The van der Waals surface area contributed by atoms with Crippen LogP contribution in [0.2, 0.25) is 0 Å². The van der Waals surface area contributed by atoms with E-state index in [4.69, 9.17) is 28.2 Å². The summed E-state index contributed by atoms with van der Waals surface area (Å²) in [5.41, 5.74) is -6.01. The van der Waals surface area contributed by atoms with E-state index in [2.05, 4.69) is 0 Å². The highest BCUT2D eigenvalue weighted by atomic mass is 16.6. The predicted octanol–water partition coefficient (Wildman–Crippen LogP) is -0.0540. The Morgan fingerprint density at radius 1 is 0.661 bits per heavy atom. The molecule has 0 saturated carbocycles. The molecule has 2 aromatic heterocycles. The van der Waals surface area contributed by atoms with E-state index >= 15 is 0 Å². The second-order valence-corrected chi connectivity index (χ2v) is 11.8. The highest BCUT2D eigenvalue weighted by molar-refractivity contribution is 6.22. The summed E-state index contributed by atoms with van der Waals surface area (Å²) in [6, 6.07) is 3.00. The lowest BCUT2D eigenvalue weighted by atomic mass is 10.0. The molecule has 0 amide bonds. The van der Waals surface area contributed by atoms with Gasteiger partial charge in [0.15, 0.2) is 63.8 Å². The zero-order chi connectivity index (χ0) is 41.1. The lowest BCUT2D eigenvalue weighted by Crippen LogP contribution is -2.48. The van der Waals surface area contributed by atoms with Crippen molar-refractivity contribution in [3.05, 3.63) is 62.3 Å². The molecule has 0 bridgehead atoms. The maximum Gasteiger partial charge on any atom is 0.344 e. The van der Waals surface area contributed by atoms with Crippen molar-refractivity contribution in [2.75, 3.05) is 6.61 Å². The Kier molecular flexibility index (Phi) is 9.57. The highest BCUT2D eigenvalue weighted by Crippen LogP contribution is 2.51. The number of carbonyl (C=O) groups excluding carboxylic acids is 3. The molecule has 12 N–H and O–H groups in total. The van der Waals surface area contributed by atoms with Crippen molar-refractivity contribution in [3.63, 3.8) is 0 Å². The van der Waals surface area contributed by atoms with Crippen molar-refractivity contribution in [1.82, 2.24) is 0 Å². The van der Waals surface area contributed by atoms with Gasteiger partial charge in [0.05, 0.1) is 22.9 Å². The fourth-order valence-corrected chi connectivity index (χ4v) is 5.49. The fourth-order valence-electron chi connectivity index (χ4n) is 5.49. The van der Waals surface area contributed by atoms with E-state index in [1.54, 1.807) is 0 Å². The molecule has 56 heavy (non-hydrogen) atoms. The number of benzene rings is 4. The molecule has 22 nitrogen and oxygen atoms in total. The fraction of sp³-hybridized carbons (Fsp3) is 0.147. The zero-order valence-corrected chi connectivity index (χ0v) is 27.4. The third kappa shape index (κ3) is 6.20. The number of aliphatic hydroxyl groups excluding tert-OH is 4. The molecule has 0 spiro atoms. The number of carbonyl (C=O) groups is 3. The van der Waals surface area contributed by atoms with Crippen LogP contribution in [0, 0.1) is 0 Å². The third-order valence-electron chi connectivity index (χ3n) is 8.30. The topological polar surface area (TPSA) is 382 Å². The highest BCUT2D eigenvalue weighted by Gasteiger charge is 2.37. The van der Waals surface area contributed by atoms with E-state index in [-0.39, 0.29) is 17.1 Å². The number of hydrogen-bond acceptors (Lipinski definition) is 22. The van der Waals surface area contributed by atoms with E-state index < -0.39 is 151 Å². The molecule has 0 saturated heterocycles. The van der Waals surface area contributed by atoms with Crippen molar-refractivity contribution in [1.29, 1.82) is 0 Å². The molecule has 6 rings (SSSR count). The lowest BCUT2D eigenvalue weighted by Gasteiger charge is -2.26. The Balaban J connectivity index is 1.57. The first kappa shape index (κ1) is 38.2. The van der Waals surface area contributed by atoms with Crippen LogP contribution >= 0.6 is 0 Å². The van der Waals surface area contributed by atoms with Gasteiger partial charge in [-0.25, -0.2) is 19.2 Å². The molecular formula is C34H24O22.